The SMILES string of the molecule is CC(C)(O)CNCc1ccc(Br)cc1[N+](=O)[O-]. The molecule has 0 amide bonds. The van der Waals surface area contributed by atoms with Gasteiger partial charge in [0.05, 0.1) is 10.5 Å². The molecule has 0 radical (unpaired) electrons. The highest BCUT2D eigenvalue weighted by molar-refractivity contribution is 9.10. The van der Waals surface area contributed by atoms with Crippen molar-refractivity contribution in [2.24, 2.45) is 0 Å². The normalized spacial score (nSPS) is 11.5. The molecule has 0 saturated carbocycles. The Balaban J connectivity index is 2.74. The fourth-order valence-electron chi connectivity index (χ4n) is 1.36. The van der Waals surface area contributed by atoms with E-state index in [9.17, 15) is 15.2 Å². The average molecular weight is 303 g/mol. The van der Waals surface area contributed by atoms with E-state index < -0.39 is 10.5 Å². The molecule has 0 fully saturated rings. The van der Waals surface area contributed by atoms with E-state index >= 15 is 0 Å². The Kier molecular flexibility index (Phi) is 4.62. The highest BCUT2D eigenvalue weighted by Gasteiger charge is 2.16. The number of nitro groups is 1. The Morgan fingerprint density at radius 1 is 1.53 bits per heavy atom. The molecular weight excluding hydrogens is 288 g/mol. The smallest absolute Gasteiger partial charge is 0.275 e. The molecule has 94 valence electrons. The molecule has 0 aromatic heterocycles. The van der Waals surface area contributed by atoms with E-state index in [-0.39, 0.29) is 5.69 Å². The summed E-state index contributed by atoms with van der Waals surface area (Å²) < 4.78 is 0.676. The summed E-state index contributed by atoms with van der Waals surface area (Å²) in [5.41, 5.74) is -0.158. The molecule has 2 N–H and O–H groups in total. The quantitative estimate of drug-likeness (QED) is 0.646. The number of hydrogen-bond donors (Lipinski definition) is 2. The molecule has 5 nitrogen and oxygen atoms in total. The van der Waals surface area contributed by atoms with Crippen LogP contribution in [0.15, 0.2) is 22.7 Å². The number of nitro benzene ring substituents is 1. The highest BCUT2D eigenvalue weighted by Crippen LogP contribution is 2.23. The predicted octanol–water partition coefficient (Wildman–Crippen LogP) is 2.22. The van der Waals surface area contributed by atoms with E-state index in [1.54, 1.807) is 26.0 Å². The van der Waals surface area contributed by atoms with Gasteiger partial charge in [-0.1, -0.05) is 15.9 Å². The topological polar surface area (TPSA) is 75.4 Å². The van der Waals surface area contributed by atoms with Crippen LogP contribution in [-0.2, 0) is 6.54 Å². The maximum Gasteiger partial charge on any atom is 0.275 e. The van der Waals surface area contributed by atoms with Crippen LogP contribution in [0.25, 0.3) is 0 Å². The van der Waals surface area contributed by atoms with Crippen LogP contribution in [0.2, 0.25) is 0 Å². The molecule has 0 aliphatic rings. The standard InChI is InChI=1S/C11H15BrN2O3/c1-11(2,15)7-13-6-8-3-4-9(12)5-10(8)14(16)17/h3-5,13,15H,6-7H2,1-2H3. The van der Waals surface area contributed by atoms with Crippen molar-refractivity contribution < 1.29 is 10.0 Å². The third-order valence-corrected chi connectivity index (χ3v) is 2.61. The Morgan fingerprint density at radius 2 is 2.18 bits per heavy atom. The van der Waals surface area contributed by atoms with Crippen molar-refractivity contribution in [3.05, 3.63) is 38.3 Å². The van der Waals surface area contributed by atoms with Gasteiger partial charge in [0, 0.05) is 29.2 Å². The zero-order valence-electron chi connectivity index (χ0n) is 9.74. The van der Waals surface area contributed by atoms with Crippen LogP contribution in [0.4, 0.5) is 5.69 Å². The zero-order chi connectivity index (χ0) is 13.1. The molecule has 0 aliphatic heterocycles. The first-order valence-corrected chi connectivity index (χ1v) is 5.95. The molecule has 6 heteroatoms. The summed E-state index contributed by atoms with van der Waals surface area (Å²) in [4.78, 5) is 10.4. The average Bonchev–Trinajstić information content (AvgIpc) is 2.18. The summed E-state index contributed by atoms with van der Waals surface area (Å²) in [5, 5.41) is 23.3. The van der Waals surface area contributed by atoms with Crippen LogP contribution in [0.5, 0.6) is 0 Å². The Bertz CT molecular complexity index is 416. The fraction of sp³-hybridized carbons (Fsp3) is 0.455. The van der Waals surface area contributed by atoms with Crippen molar-refractivity contribution in [1.29, 1.82) is 0 Å². The lowest BCUT2D eigenvalue weighted by Crippen LogP contribution is -2.34. The molecule has 0 spiro atoms. The van der Waals surface area contributed by atoms with Crippen molar-refractivity contribution in [1.82, 2.24) is 5.32 Å². The molecule has 1 rings (SSSR count). The lowest BCUT2D eigenvalue weighted by molar-refractivity contribution is -0.385. The molecule has 0 heterocycles. The van der Waals surface area contributed by atoms with Crippen molar-refractivity contribution in [2.75, 3.05) is 6.54 Å². The molecule has 0 saturated heterocycles. The maximum absolute atomic E-state index is 10.8. The van der Waals surface area contributed by atoms with E-state index in [1.807, 2.05) is 0 Å². The molecule has 17 heavy (non-hydrogen) atoms. The molecule has 0 unspecified atom stereocenters. The van der Waals surface area contributed by atoms with Crippen LogP contribution in [0.1, 0.15) is 19.4 Å². The highest BCUT2D eigenvalue weighted by atomic mass is 79.9. The molecule has 0 atom stereocenters. The first-order valence-electron chi connectivity index (χ1n) is 5.15. The second-order valence-corrected chi connectivity index (χ2v) is 5.36. The summed E-state index contributed by atoms with van der Waals surface area (Å²) in [7, 11) is 0. The van der Waals surface area contributed by atoms with Crippen LogP contribution >= 0.6 is 15.9 Å². The molecule has 1 aromatic carbocycles. The summed E-state index contributed by atoms with van der Waals surface area (Å²) in [6.07, 6.45) is 0. The van der Waals surface area contributed by atoms with Gasteiger partial charge in [-0.15, -0.1) is 0 Å². The van der Waals surface area contributed by atoms with E-state index in [4.69, 9.17) is 0 Å². The first kappa shape index (κ1) is 14.1. The van der Waals surface area contributed by atoms with Crippen molar-refractivity contribution >= 4 is 21.6 Å². The van der Waals surface area contributed by atoms with Gasteiger partial charge in [0.25, 0.3) is 5.69 Å². The van der Waals surface area contributed by atoms with Gasteiger partial charge in [-0.3, -0.25) is 10.1 Å². The summed E-state index contributed by atoms with van der Waals surface area (Å²) in [6, 6.07) is 4.93. The third kappa shape index (κ3) is 4.80. The van der Waals surface area contributed by atoms with Gasteiger partial charge in [-0.05, 0) is 26.0 Å². The van der Waals surface area contributed by atoms with Gasteiger partial charge >= 0.3 is 0 Å². The first-order chi connectivity index (χ1) is 7.79. The summed E-state index contributed by atoms with van der Waals surface area (Å²) >= 11 is 3.20. The zero-order valence-corrected chi connectivity index (χ0v) is 11.3. The molecule has 0 aliphatic carbocycles. The number of nitrogens with zero attached hydrogens (tertiary/aromatic N) is 1. The van der Waals surface area contributed by atoms with Gasteiger partial charge in [-0.2, -0.15) is 0 Å². The third-order valence-electron chi connectivity index (χ3n) is 2.12. The van der Waals surface area contributed by atoms with Gasteiger partial charge in [0.15, 0.2) is 0 Å². The van der Waals surface area contributed by atoms with E-state index in [0.717, 1.165) is 0 Å². The van der Waals surface area contributed by atoms with Gasteiger partial charge in [0.2, 0.25) is 0 Å². The number of nitrogens with one attached hydrogen (secondary N) is 1. The van der Waals surface area contributed by atoms with Crippen LogP contribution < -0.4 is 5.32 Å². The minimum Gasteiger partial charge on any atom is -0.389 e. The van der Waals surface area contributed by atoms with Crippen molar-refractivity contribution in [3.63, 3.8) is 0 Å². The largest absolute Gasteiger partial charge is 0.389 e. The van der Waals surface area contributed by atoms with Crippen LogP contribution in [0, 0.1) is 10.1 Å². The number of hydrogen-bond acceptors (Lipinski definition) is 4. The molecule has 1 aromatic rings. The number of halogens is 1. The Hall–Kier alpha value is -0.980. The number of aliphatic hydroxyl groups is 1. The second-order valence-electron chi connectivity index (χ2n) is 4.45. The van der Waals surface area contributed by atoms with Crippen molar-refractivity contribution in [3.8, 4) is 0 Å². The Labute approximate surface area is 108 Å². The second kappa shape index (κ2) is 5.57. The summed E-state index contributed by atoms with van der Waals surface area (Å²) in [5.74, 6) is 0. The summed E-state index contributed by atoms with van der Waals surface area (Å²) in [6.45, 7) is 4.08. The maximum atomic E-state index is 10.8. The Morgan fingerprint density at radius 3 is 2.71 bits per heavy atom. The van der Waals surface area contributed by atoms with E-state index in [2.05, 4.69) is 21.2 Å². The minimum absolute atomic E-state index is 0.0719. The minimum atomic E-state index is -0.829. The van der Waals surface area contributed by atoms with Gasteiger partial charge in [-0.25, -0.2) is 0 Å². The number of benzene rings is 1. The van der Waals surface area contributed by atoms with Crippen LogP contribution in [0.3, 0.4) is 0 Å². The monoisotopic (exact) mass is 302 g/mol. The lowest BCUT2D eigenvalue weighted by atomic mass is 10.1. The fourth-order valence-corrected chi connectivity index (χ4v) is 1.71. The van der Waals surface area contributed by atoms with Gasteiger partial charge in [0.1, 0.15) is 0 Å². The van der Waals surface area contributed by atoms with E-state index in [0.29, 0.717) is 23.1 Å². The van der Waals surface area contributed by atoms with E-state index in [1.165, 1.54) is 6.07 Å². The molecular formula is C11H15BrN2O3. The molecule has 0 bridgehead atoms. The van der Waals surface area contributed by atoms with Crippen LogP contribution in [-0.4, -0.2) is 22.2 Å². The lowest BCUT2D eigenvalue weighted by Gasteiger charge is -2.17. The van der Waals surface area contributed by atoms with Gasteiger partial charge < -0.3 is 10.4 Å². The predicted molar refractivity (Wildman–Crippen MR) is 68.8 cm³/mol. The number of rotatable bonds is 5. The van der Waals surface area contributed by atoms with Crippen molar-refractivity contribution in [2.45, 2.75) is 26.0 Å².